The van der Waals surface area contributed by atoms with Crippen LogP contribution < -0.4 is 30.3 Å². The number of nitrogens with one attached hydrogen (secondary N) is 3. The van der Waals surface area contributed by atoms with Gasteiger partial charge < -0.3 is 35.4 Å². The summed E-state index contributed by atoms with van der Waals surface area (Å²) in [5.41, 5.74) is 6.96. The maximum atomic E-state index is 13.8. The first kappa shape index (κ1) is 35.5. The Morgan fingerprint density at radius 3 is 2.67 bits per heavy atom. The normalized spacial score (nSPS) is 23.3. The van der Waals surface area contributed by atoms with E-state index in [0.29, 0.717) is 35.2 Å². The molecule has 12 nitrogen and oxygen atoms in total. The van der Waals surface area contributed by atoms with Gasteiger partial charge in [-0.25, -0.2) is 0 Å². The minimum Gasteiger partial charge on any atom is -0.504 e. The molecule has 3 aromatic rings. The van der Waals surface area contributed by atoms with E-state index in [4.69, 9.17) is 31.5 Å². The fourth-order valence-electron chi connectivity index (χ4n) is 8.69. The molecule has 1 saturated heterocycles. The number of phenolic OH excluding ortho intramolecular Hbond substituents is 1. The molecule has 6 atom stereocenters. The zero-order chi connectivity index (χ0) is 36.8. The molecule has 2 unspecified atom stereocenters. The molecule has 0 spiro atoms. The van der Waals surface area contributed by atoms with Gasteiger partial charge in [-0.05, 0) is 76.1 Å². The highest BCUT2D eigenvalue weighted by atomic mass is 32.1. The summed E-state index contributed by atoms with van der Waals surface area (Å²) in [4.78, 5) is 29.7. The van der Waals surface area contributed by atoms with Gasteiger partial charge in [-0.1, -0.05) is 36.9 Å². The lowest BCUT2D eigenvalue weighted by atomic mass is 9.71. The number of aromatic hydroxyl groups is 1. The number of carbonyl (C=O) groups is 1. The molecule has 4 aliphatic rings. The maximum Gasteiger partial charge on any atom is 0.242 e. The third-order valence-electron chi connectivity index (χ3n) is 11.0. The third kappa shape index (κ3) is 5.89. The predicted molar refractivity (Wildman–Crippen MR) is 199 cm³/mol. The van der Waals surface area contributed by atoms with Gasteiger partial charge in [-0.3, -0.25) is 14.6 Å². The van der Waals surface area contributed by atoms with Gasteiger partial charge in [-0.15, -0.1) is 0 Å². The number of benzene rings is 3. The van der Waals surface area contributed by atoms with Crippen LogP contribution in [0.4, 0.5) is 5.69 Å². The van der Waals surface area contributed by atoms with Crippen LogP contribution in [0.5, 0.6) is 23.0 Å². The molecule has 4 aliphatic heterocycles. The number of fused-ring (bicyclic) bond motifs is 9. The number of rotatable bonds is 9. The van der Waals surface area contributed by atoms with E-state index in [0.717, 1.165) is 44.6 Å². The number of amides is 1. The number of thiocarbonyl (C=S) groups is 1. The molecule has 272 valence electrons. The fourth-order valence-corrected chi connectivity index (χ4v) is 8.99. The van der Waals surface area contributed by atoms with Crippen LogP contribution in [0.1, 0.15) is 58.0 Å². The second-order valence-corrected chi connectivity index (χ2v) is 14.3. The van der Waals surface area contributed by atoms with E-state index in [1.54, 1.807) is 20.1 Å². The number of anilines is 1. The molecule has 1 fully saturated rings. The molecule has 1 amide bonds. The van der Waals surface area contributed by atoms with E-state index >= 15 is 0 Å². The van der Waals surface area contributed by atoms with Crippen molar-refractivity contribution >= 4 is 28.9 Å². The minimum absolute atomic E-state index is 0.115. The van der Waals surface area contributed by atoms with Gasteiger partial charge in [0.2, 0.25) is 5.91 Å². The number of para-hydroxylation sites is 1. The van der Waals surface area contributed by atoms with E-state index < -0.39 is 18.1 Å². The standard InChI is InChI=1S/C39H44N6O6S/c1-7-13-49-36-21(3)26-19-50-51-37(26)32-25(36)16-28-33-31-23(14-20(2)35(48-6)34(31)46)15-27(44(33)5)29(17-40)45(28)30(32)18-41-38(47)22(4)42-39(52)43-24-11-9-8-10-12-24/h7-12,14,22,27-30,33,46H,1,13,15-16,18-19H2,2-6H3,(H,41,47)(H2,42,43,52)/t22-,27-,28?,29?,30-,33+/m0/s1. The molecular weight excluding hydrogens is 681 g/mol. The summed E-state index contributed by atoms with van der Waals surface area (Å²) in [6.45, 7) is 10.2. The van der Waals surface area contributed by atoms with Gasteiger partial charge in [0.25, 0.3) is 0 Å². The number of phenols is 1. The first-order valence-electron chi connectivity index (χ1n) is 17.5. The van der Waals surface area contributed by atoms with Crippen molar-refractivity contribution in [2.24, 2.45) is 0 Å². The second kappa shape index (κ2) is 14.3. The molecule has 3 aromatic carbocycles. The lowest BCUT2D eigenvalue weighted by Crippen LogP contribution is -2.69. The van der Waals surface area contributed by atoms with E-state index in [-0.39, 0.29) is 49.5 Å². The van der Waals surface area contributed by atoms with Crippen LogP contribution >= 0.6 is 12.2 Å². The van der Waals surface area contributed by atoms with Crippen molar-refractivity contribution in [1.82, 2.24) is 20.4 Å². The Morgan fingerprint density at radius 1 is 1.19 bits per heavy atom. The van der Waals surface area contributed by atoms with Gasteiger partial charge in [-0.2, -0.15) is 10.1 Å². The molecule has 0 saturated carbocycles. The van der Waals surface area contributed by atoms with Crippen molar-refractivity contribution in [3.05, 3.63) is 88.0 Å². The molecule has 7 rings (SSSR count). The van der Waals surface area contributed by atoms with Gasteiger partial charge in [0.05, 0.1) is 25.3 Å². The van der Waals surface area contributed by atoms with Crippen LogP contribution in [0.2, 0.25) is 0 Å². The molecule has 4 N–H and O–H groups in total. The summed E-state index contributed by atoms with van der Waals surface area (Å²) in [6.07, 6.45) is 2.75. The molecule has 13 heteroatoms. The average Bonchev–Trinajstić information content (AvgIpc) is 3.62. The third-order valence-corrected chi connectivity index (χ3v) is 11.2. The fraction of sp³-hybridized carbons (Fsp3) is 0.410. The number of ether oxygens (including phenoxy) is 2. The first-order valence-corrected chi connectivity index (χ1v) is 17.9. The maximum absolute atomic E-state index is 13.8. The van der Waals surface area contributed by atoms with Crippen molar-refractivity contribution < 1.29 is 29.1 Å². The monoisotopic (exact) mass is 724 g/mol. The average molecular weight is 725 g/mol. The molecule has 0 radical (unpaired) electrons. The number of nitriles is 1. The molecule has 52 heavy (non-hydrogen) atoms. The number of hydrogen-bond donors (Lipinski definition) is 4. The Kier molecular flexibility index (Phi) is 9.75. The number of hydrogen-bond acceptors (Lipinski definition) is 10. The van der Waals surface area contributed by atoms with Crippen LogP contribution in [0, 0.1) is 25.2 Å². The van der Waals surface area contributed by atoms with Crippen LogP contribution in [-0.2, 0) is 29.1 Å². The lowest BCUT2D eigenvalue weighted by molar-refractivity contribution is -0.195. The molecular formula is C39H44N6O6S. The zero-order valence-electron chi connectivity index (χ0n) is 30.0. The van der Waals surface area contributed by atoms with E-state index in [2.05, 4.69) is 44.5 Å². The summed E-state index contributed by atoms with van der Waals surface area (Å²) in [6, 6.07) is 11.7. The highest BCUT2D eigenvalue weighted by Crippen LogP contribution is 2.57. The number of methoxy groups -OCH3 is 1. The van der Waals surface area contributed by atoms with Crippen molar-refractivity contribution in [3.8, 4) is 29.1 Å². The minimum atomic E-state index is -0.671. The van der Waals surface area contributed by atoms with Crippen LogP contribution in [0.25, 0.3) is 0 Å². The van der Waals surface area contributed by atoms with Crippen LogP contribution in [0.3, 0.4) is 0 Å². The SMILES string of the molecule is C=CCOc1c(C)c2c(c3c1CC1[C@@H]4c5c(cc(C)c(OC)c5O)C[C@@H](C(C#N)N1[C@H]3CNC(=O)[C@H](C)NC(=S)Nc1ccccc1)N4C)OOC2. The largest absolute Gasteiger partial charge is 0.504 e. The summed E-state index contributed by atoms with van der Waals surface area (Å²) in [7, 11) is 3.59. The summed E-state index contributed by atoms with van der Waals surface area (Å²) in [5.74, 6) is 1.60. The van der Waals surface area contributed by atoms with Gasteiger partial charge in [0, 0.05) is 52.1 Å². The number of carbonyl (C=O) groups excluding carboxylic acids is 1. The topological polar surface area (TPSA) is 141 Å². The highest BCUT2D eigenvalue weighted by Gasteiger charge is 2.56. The number of likely N-dealkylation sites (N-methyl/N-ethyl adjacent to an activating group) is 1. The Hall–Kier alpha value is -4.87. The van der Waals surface area contributed by atoms with Gasteiger partial charge in [0.1, 0.15) is 31.0 Å². The van der Waals surface area contributed by atoms with Crippen molar-refractivity contribution in [2.45, 2.75) is 76.5 Å². The predicted octanol–water partition coefficient (Wildman–Crippen LogP) is 4.67. The van der Waals surface area contributed by atoms with Crippen molar-refractivity contribution in [3.63, 3.8) is 0 Å². The molecule has 2 bridgehead atoms. The highest BCUT2D eigenvalue weighted by molar-refractivity contribution is 7.80. The Balaban J connectivity index is 1.31. The quantitative estimate of drug-likeness (QED) is 0.139. The molecule has 4 heterocycles. The van der Waals surface area contributed by atoms with E-state index in [9.17, 15) is 15.2 Å². The first-order chi connectivity index (χ1) is 25.1. The van der Waals surface area contributed by atoms with Crippen molar-refractivity contribution in [2.75, 3.05) is 32.6 Å². The van der Waals surface area contributed by atoms with Crippen molar-refractivity contribution in [1.29, 1.82) is 5.26 Å². The Bertz CT molecular complexity index is 1970. The second-order valence-electron chi connectivity index (χ2n) is 13.9. The molecule has 0 aromatic heterocycles. The number of piperazine rings is 1. The number of nitrogens with zero attached hydrogens (tertiary/aromatic N) is 3. The van der Waals surface area contributed by atoms with Gasteiger partial charge in [0.15, 0.2) is 22.4 Å². The summed E-state index contributed by atoms with van der Waals surface area (Å²) < 4.78 is 12.1. The smallest absolute Gasteiger partial charge is 0.242 e. The van der Waals surface area contributed by atoms with Crippen LogP contribution in [0.15, 0.2) is 49.1 Å². The van der Waals surface area contributed by atoms with E-state index in [1.165, 1.54) is 0 Å². The number of aryl methyl sites for hydroxylation is 1. The molecule has 0 aliphatic carbocycles. The van der Waals surface area contributed by atoms with E-state index in [1.807, 2.05) is 51.2 Å². The Labute approximate surface area is 309 Å². The van der Waals surface area contributed by atoms with Crippen LogP contribution in [-0.4, -0.2) is 77.4 Å². The Morgan fingerprint density at radius 2 is 1.96 bits per heavy atom. The zero-order valence-corrected chi connectivity index (χ0v) is 30.8. The lowest BCUT2D eigenvalue weighted by Gasteiger charge is -2.60. The van der Waals surface area contributed by atoms with Gasteiger partial charge >= 0.3 is 0 Å². The summed E-state index contributed by atoms with van der Waals surface area (Å²) >= 11 is 5.51. The summed E-state index contributed by atoms with van der Waals surface area (Å²) in [5, 5.41) is 32.4.